The van der Waals surface area contributed by atoms with Crippen LogP contribution in [0.25, 0.3) is 0 Å². The Labute approximate surface area is 216 Å². The van der Waals surface area contributed by atoms with Crippen LogP contribution in [0, 0.1) is 0 Å². The molecule has 2 N–H and O–H groups in total. The van der Waals surface area contributed by atoms with Gasteiger partial charge in [-0.05, 0) is 61.5 Å². The Morgan fingerprint density at radius 2 is 1.75 bits per heavy atom. The zero-order chi connectivity index (χ0) is 26.5. The number of nitrogens with zero attached hydrogens (tertiary/aromatic N) is 1. The van der Waals surface area contributed by atoms with Crippen molar-refractivity contribution in [2.75, 3.05) is 13.6 Å². The monoisotopic (exact) mass is 517 g/mol. The summed E-state index contributed by atoms with van der Waals surface area (Å²) >= 11 is 0. The second-order valence-corrected chi connectivity index (χ2v) is 16.5. The number of benzene rings is 1. The highest BCUT2D eigenvalue weighted by atomic mass is 28.4. The van der Waals surface area contributed by atoms with Gasteiger partial charge in [0.1, 0.15) is 13.2 Å². The molecule has 0 spiro atoms. The highest BCUT2D eigenvalue weighted by Gasteiger charge is 2.41. The molecule has 0 aliphatic heterocycles. The number of likely N-dealkylation sites (N-methyl/N-ethyl adjacent to an activating group) is 1. The van der Waals surface area contributed by atoms with Crippen LogP contribution in [0.5, 0.6) is 0 Å². The summed E-state index contributed by atoms with van der Waals surface area (Å²) in [5.74, 6) is -0.332. The minimum Gasteiger partial charge on any atom is -0.445 e. The summed E-state index contributed by atoms with van der Waals surface area (Å²) in [4.78, 5) is 38.8. The van der Waals surface area contributed by atoms with Crippen LogP contribution in [0.4, 0.5) is 4.79 Å². The highest BCUT2D eigenvalue weighted by Crippen LogP contribution is 2.39. The van der Waals surface area contributed by atoms with Crippen molar-refractivity contribution in [1.82, 2.24) is 15.5 Å². The first-order chi connectivity index (χ1) is 16.9. The van der Waals surface area contributed by atoms with Gasteiger partial charge in [0, 0.05) is 18.7 Å². The smallest absolute Gasteiger partial charge is 0.410 e. The fourth-order valence-electron chi connectivity index (χ4n) is 4.04. The molecule has 0 radical (unpaired) electrons. The lowest BCUT2D eigenvalue weighted by atomic mass is 9.92. The molecule has 36 heavy (non-hydrogen) atoms. The van der Waals surface area contributed by atoms with E-state index >= 15 is 0 Å². The summed E-state index contributed by atoms with van der Waals surface area (Å²) in [6, 6.07) is 7.28. The Kier molecular flexibility index (Phi) is 9.21. The van der Waals surface area contributed by atoms with E-state index in [0.29, 0.717) is 5.56 Å². The predicted octanol–water partition coefficient (Wildman–Crippen LogP) is 4.60. The molecular formula is C27H43N3O5Si. The third-order valence-electron chi connectivity index (χ3n) is 7.46. The van der Waals surface area contributed by atoms with Gasteiger partial charge in [0.25, 0.3) is 5.91 Å². The van der Waals surface area contributed by atoms with Crippen molar-refractivity contribution in [3.8, 4) is 0 Å². The molecule has 1 aromatic rings. The predicted molar refractivity (Wildman–Crippen MR) is 142 cm³/mol. The first-order valence-corrected chi connectivity index (χ1v) is 16.0. The second-order valence-electron chi connectivity index (χ2n) is 11.7. The molecule has 2 aliphatic rings. The maximum Gasteiger partial charge on any atom is 0.410 e. The van der Waals surface area contributed by atoms with Gasteiger partial charge in [-0.15, -0.1) is 0 Å². The van der Waals surface area contributed by atoms with Crippen LogP contribution in [0.1, 0.15) is 75.2 Å². The molecule has 2 aliphatic carbocycles. The van der Waals surface area contributed by atoms with Gasteiger partial charge in [-0.2, -0.15) is 0 Å². The number of carbonyl (C=O) groups is 3. The van der Waals surface area contributed by atoms with Crippen LogP contribution in [0.2, 0.25) is 18.1 Å². The van der Waals surface area contributed by atoms with Gasteiger partial charge in [0.05, 0.1) is 12.1 Å². The Bertz CT molecular complexity index is 942. The maximum atomic E-state index is 12.8. The van der Waals surface area contributed by atoms with Gasteiger partial charge in [0.15, 0.2) is 8.32 Å². The molecule has 2 saturated carbocycles. The van der Waals surface area contributed by atoms with Crippen LogP contribution in [-0.4, -0.2) is 62.9 Å². The number of hydrogen-bond acceptors (Lipinski definition) is 5. The normalized spacial score (nSPS) is 20.4. The third-order valence-corrected chi connectivity index (χ3v) is 12.0. The molecular weight excluding hydrogens is 474 g/mol. The van der Waals surface area contributed by atoms with E-state index in [1.54, 1.807) is 31.3 Å². The number of nitrogens with one attached hydrogen (secondary N) is 2. The van der Waals surface area contributed by atoms with Crippen LogP contribution in [-0.2, 0) is 20.6 Å². The standard InChI is InChI=1S/C27H43N3O5Si/c1-27(2,3)36(5,6)35-23-13-8-7-12-22(23)29-24(31)17-30(4)26(33)34-18-19-10-9-11-20(16-19)25(32)28-21-14-15-21/h9-11,16,21-23H,7-8,12-15,17-18H2,1-6H3,(H,28,32)(H,29,31)/t22-,23-/m1/s1. The molecule has 2 atom stereocenters. The zero-order valence-corrected chi connectivity index (χ0v) is 23.7. The minimum absolute atomic E-state index is 0.00485. The molecule has 1 aromatic carbocycles. The van der Waals surface area contributed by atoms with Gasteiger partial charge in [0.2, 0.25) is 5.91 Å². The Balaban J connectivity index is 1.47. The molecule has 3 amide bonds. The van der Waals surface area contributed by atoms with E-state index in [9.17, 15) is 14.4 Å². The highest BCUT2D eigenvalue weighted by molar-refractivity contribution is 6.74. The minimum atomic E-state index is -1.96. The Hall–Kier alpha value is -2.39. The molecule has 2 fully saturated rings. The van der Waals surface area contributed by atoms with Crippen molar-refractivity contribution >= 4 is 26.2 Å². The van der Waals surface area contributed by atoms with Crippen molar-refractivity contribution in [3.05, 3.63) is 35.4 Å². The van der Waals surface area contributed by atoms with Gasteiger partial charge >= 0.3 is 6.09 Å². The van der Waals surface area contributed by atoms with Crippen LogP contribution in [0.15, 0.2) is 24.3 Å². The van der Waals surface area contributed by atoms with E-state index in [1.807, 2.05) is 0 Å². The average molecular weight is 518 g/mol. The third kappa shape index (κ3) is 8.06. The summed E-state index contributed by atoms with van der Waals surface area (Å²) in [5.41, 5.74) is 1.27. The van der Waals surface area contributed by atoms with E-state index < -0.39 is 14.4 Å². The molecule has 9 heteroatoms. The van der Waals surface area contributed by atoms with Gasteiger partial charge in [-0.1, -0.05) is 45.7 Å². The van der Waals surface area contributed by atoms with Crippen LogP contribution in [0.3, 0.4) is 0 Å². The SMILES string of the molecule is CN(CC(=O)N[C@@H]1CCCC[C@H]1O[Si](C)(C)C(C)(C)C)C(=O)OCc1cccc(C(=O)NC2CC2)c1. The number of carbonyl (C=O) groups excluding carboxylic acids is 3. The lowest BCUT2D eigenvalue weighted by molar-refractivity contribution is -0.123. The summed E-state index contributed by atoms with van der Waals surface area (Å²) in [5, 5.41) is 6.16. The number of hydrogen-bond donors (Lipinski definition) is 2. The second kappa shape index (κ2) is 11.8. The zero-order valence-electron chi connectivity index (χ0n) is 22.7. The van der Waals surface area contributed by atoms with E-state index in [1.165, 1.54) is 4.90 Å². The van der Waals surface area contributed by atoms with Crippen LogP contribution < -0.4 is 10.6 Å². The molecule has 200 valence electrons. The molecule has 8 nitrogen and oxygen atoms in total. The van der Waals surface area contributed by atoms with Crippen molar-refractivity contribution in [3.63, 3.8) is 0 Å². The largest absolute Gasteiger partial charge is 0.445 e. The molecule has 0 saturated heterocycles. The summed E-state index contributed by atoms with van der Waals surface area (Å²) in [6.45, 7) is 11.1. The van der Waals surface area contributed by atoms with Gasteiger partial charge in [-0.3, -0.25) is 9.59 Å². The molecule has 0 bridgehead atoms. The topological polar surface area (TPSA) is 97.0 Å². The molecule has 3 rings (SSSR count). The van der Waals surface area contributed by atoms with E-state index in [2.05, 4.69) is 44.5 Å². The fraction of sp³-hybridized carbons (Fsp3) is 0.667. The van der Waals surface area contributed by atoms with Crippen molar-refractivity contribution < 1.29 is 23.5 Å². The summed E-state index contributed by atoms with van der Waals surface area (Å²) < 4.78 is 12.0. The van der Waals surface area contributed by atoms with E-state index in [4.69, 9.17) is 9.16 Å². The summed E-state index contributed by atoms with van der Waals surface area (Å²) in [6.07, 6.45) is 5.43. The van der Waals surface area contributed by atoms with Crippen molar-refractivity contribution in [2.24, 2.45) is 0 Å². The number of amides is 3. The number of rotatable bonds is 9. The first kappa shape index (κ1) is 28.2. The van der Waals surface area contributed by atoms with Crippen molar-refractivity contribution in [2.45, 2.75) is 102 Å². The van der Waals surface area contributed by atoms with E-state index in [-0.39, 0.29) is 48.2 Å². The fourth-order valence-corrected chi connectivity index (χ4v) is 5.44. The number of ether oxygens (including phenoxy) is 1. The Morgan fingerprint density at radius 1 is 1.06 bits per heavy atom. The first-order valence-electron chi connectivity index (χ1n) is 13.1. The van der Waals surface area contributed by atoms with E-state index in [0.717, 1.165) is 44.1 Å². The lowest BCUT2D eigenvalue weighted by Gasteiger charge is -2.43. The van der Waals surface area contributed by atoms with Gasteiger partial charge in [-0.25, -0.2) is 4.79 Å². The van der Waals surface area contributed by atoms with Crippen molar-refractivity contribution in [1.29, 1.82) is 0 Å². The molecule has 0 unspecified atom stereocenters. The van der Waals surface area contributed by atoms with Gasteiger partial charge < -0.3 is 24.7 Å². The van der Waals surface area contributed by atoms with Crippen LogP contribution >= 0.6 is 0 Å². The Morgan fingerprint density at radius 3 is 2.42 bits per heavy atom. The quantitative estimate of drug-likeness (QED) is 0.467. The molecule has 0 aromatic heterocycles. The maximum absolute atomic E-state index is 12.8. The molecule has 0 heterocycles. The summed E-state index contributed by atoms with van der Waals surface area (Å²) in [7, 11) is -0.408. The average Bonchev–Trinajstić information content (AvgIpc) is 3.62. The lowest BCUT2D eigenvalue weighted by Crippen LogP contribution is -2.54.